The number of halogens is 1. The van der Waals surface area contributed by atoms with Crippen molar-refractivity contribution in [2.75, 3.05) is 13.1 Å². The van der Waals surface area contributed by atoms with E-state index in [0.717, 1.165) is 63.7 Å². The fourth-order valence-corrected chi connectivity index (χ4v) is 7.30. The predicted molar refractivity (Wildman–Crippen MR) is 118 cm³/mol. The summed E-state index contributed by atoms with van der Waals surface area (Å²) in [6.45, 7) is 6.44. The third-order valence-electron chi connectivity index (χ3n) is 9.30. The molecule has 2 aliphatic heterocycles. The van der Waals surface area contributed by atoms with Gasteiger partial charge in [0.1, 0.15) is 11.9 Å². The largest absolute Gasteiger partial charge is 0.391 e. The maximum absolute atomic E-state index is 12.9. The Hall–Kier alpha value is -1.14. The summed E-state index contributed by atoms with van der Waals surface area (Å²) in [4.78, 5) is 31.3. The van der Waals surface area contributed by atoms with E-state index in [1.807, 2.05) is 0 Å². The summed E-state index contributed by atoms with van der Waals surface area (Å²) in [5.74, 6) is 1.67. The number of ketones is 1. The normalized spacial score (nSPS) is 46.9. The number of Topliss-reactive ketones (excluding diaryl/α,β-unsaturated/α-hetero) is 1. The topological polar surface area (TPSA) is 79.8 Å². The molecule has 2 saturated heterocycles. The summed E-state index contributed by atoms with van der Waals surface area (Å²) in [5, 5.41) is 11.2. The van der Waals surface area contributed by atoms with Gasteiger partial charge in [-0.3, -0.25) is 9.59 Å². The number of hydrogen-bond acceptors (Lipinski definition) is 5. The highest BCUT2D eigenvalue weighted by molar-refractivity contribution is 5.88. The molecular formula is C23H36ClN3O3. The van der Waals surface area contributed by atoms with Gasteiger partial charge in [-0.05, 0) is 68.2 Å². The summed E-state index contributed by atoms with van der Waals surface area (Å²) >= 11 is 0. The highest BCUT2D eigenvalue weighted by Crippen LogP contribution is 2.60. The first-order valence-corrected chi connectivity index (χ1v) is 11.6. The van der Waals surface area contributed by atoms with Crippen LogP contribution in [0.1, 0.15) is 71.6 Å². The molecule has 1 unspecified atom stereocenters. The number of carbonyl (C=O) groups excluding carboxylic acids is 2. The number of fused-ring (bicyclic) bond motifs is 5. The molecule has 2 N–H and O–H groups in total. The van der Waals surface area contributed by atoms with Crippen molar-refractivity contribution in [3.8, 4) is 0 Å². The van der Waals surface area contributed by atoms with Crippen LogP contribution in [0.5, 0.6) is 0 Å². The fraction of sp³-hybridized carbons (Fsp3) is 0.870. The molecule has 30 heavy (non-hydrogen) atoms. The minimum atomic E-state index is -0.227. The smallest absolute Gasteiger partial charge is 0.220 e. The van der Waals surface area contributed by atoms with E-state index in [0.29, 0.717) is 36.4 Å². The van der Waals surface area contributed by atoms with Gasteiger partial charge in [-0.1, -0.05) is 19.0 Å². The van der Waals surface area contributed by atoms with E-state index in [4.69, 9.17) is 4.84 Å². The van der Waals surface area contributed by atoms with Crippen LogP contribution in [0, 0.1) is 28.6 Å². The molecule has 5 fully saturated rings. The number of carbonyl (C=O) groups is 2. The zero-order chi connectivity index (χ0) is 20.2. The SMILES string of the molecule is C[C@]12CC/C(=N\O[C@@H]3CCNC3)CC1CC(=O)N[C@@H]1[C@@H]2CC[C@]2(C)C(=O)CC[C@@H]12.Cl. The van der Waals surface area contributed by atoms with Crippen molar-refractivity contribution in [1.82, 2.24) is 10.6 Å². The molecule has 2 heterocycles. The third-order valence-corrected chi connectivity index (χ3v) is 9.30. The Kier molecular flexibility index (Phi) is 5.95. The average Bonchev–Trinajstić information content (AvgIpc) is 3.28. The first-order valence-electron chi connectivity index (χ1n) is 11.6. The number of nitrogens with zero attached hydrogens (tertiary/aromatic N) is 1. The van der Waals surface area contributed by atoms with Crippen LogP contribution < -0.4 is 10.6 Å². The summed E-state index contributed by atoms with van der Waals surface area (Å²) < 4.78 is 0. The molecule has 1 amide bonds. The van der Waals surface area contributed by atoms with E-state index in [1.54, 1.807) is 0 Å². The lowest BCUT2D eigenvalue weighted by atomic mass is 9.52. The number of rotatable bonds is 2. The van der Waals surface area contributed by atoms with Crippen LogP contribution in [0.15, 0.2) is 5.16 Å². The Morgan fingerprint density at radius 1 is 1.03 bits per heavy atom. The Morgan fingerprint density at radius 3 is 2.63 bits per heavy atom. The second-order valence-corrected chi connectivity index (χ2v) is 10.7. The molecule has 7 atom stereocenters. The van der Waals surface area contributed by atoms with E-state index in [9.17, 15) is 9.59 Å². The molecule has 0 aromatic carbocycles. The number of hydrogen-bond donors (Lipinski definition) is 2. The van der Waals surface area contributed by atoms with Gasteiger partial charge in [0.05, 0.1) is 5.71 Å². The van der Waals surface area contributed by atoms with E-state index < -0.39 is 0 Å². The molecule has 7 heteroatoms. The molecule has 5 aliphatic rings. The van der Waals surface area contributed by atoms with Crippen molar-refractivity contribution >= 4 is 29.8 Å². The lowest BCUT2D eigenvalue weighted by Gasteiger charge is -2.53. The van der Waals surface area contributed by atoms with E-state index in [2.05, 4.69) is 29.6 Å². The van der Waals surface area contributed by atoms with Gasteiger partial charge in [0.15, 0.2) is 0 Å². The fourth-order valence-electron chi connectivity index (χ4n) is 7.30. The number of nitrogens with one attached hydrogen (secondary N) is 2. The van der Waals surface area contributed by atoms with E-state index in [-0.39, 0.29) is 41.3 Å². The summed E-state index contributed by atoms with van der Waals surface area (Å²) in [6.07, 6.45) is 8.33. The van der Waals surface area contributed by atoms with Gasteiger partial charge >= 0.3 is 0 Å². The molecule has 0 aromatic rings. The molecule has 5 rings (SSSR count). The first kappa shape index (κ1) is 22.1. The zero-order valence-electron chi connectivity index (χ0n) is 18.2. The second-order valence-electron chi connectivity index (χ2n) is 10.7. The minimum absolute atomic E-state index is 0. The maximum atomic E-state index is 12.9. The number of amides is 1. The Morgan fingerprint density at radius 2 is 1.87 bits per heavy atom. The van der Waals surface area contributed by atoms with E-state index in [1.165, 1.54) is 0 Å². The molecule has 0 spiro atoms. The standard InChI is InChI=1S/C23H35N3O3.ClH/c1-22-8-5-15(26-29-16-7-10-24-13-16)11-14(22)12-20(28)25-21-17-3-4-19(27)23(17,2)9-6-18(21)22;/h14,16-18,21,24H,3-13H2,1-2H3,(H,25,28);1H/b26-15+;/t14?,16-,17+,18+,21+,22+,23+;/m1./s1. The summed E-state index contributed by atoms with van der Waals surface area (Å²) in [7, 11) is 0. The molecule has 0 bridgehead atoms. The molecule has 6 nitrogen and oxygen atoms in total. The van der Waals surface area contributed by atoms with Crippen LogP contribution in [0.2, 0.25) is 0 Å². The Balaban J connectivity index is 0.00000218. The molecule has 0 aromatic heterocycles. The summed E-state index contributed by atoms with van der Waals surface area (Å²) in [5.41, 5.74) is 1.03. The van der Waals surface area contributed by atoms with Crippen molar-refractivity contribution in [1.29, 1.82) is 0 Å². The van der Waals surface area contributed by atoms with Gasteiger partial charge in [0.2, 0.25) is 5.91 Å². The third kappa shape index (κ3) is 3.48. The number of oxime groups is 1. The van der Waals surface area contributed by atoms with Crippen LogP contribution in [-0.2, 0) is 14.4 Å². The molecule has 0 radical (unpaired) electrons. The Bertz CT molecular complexity index is 737. The lowest BCUT2D eigenvalue weighted by molar-refractivity contribution is -0.131. The minimum Gasteiger partial charge on any atom is -0.391 e. The quantitative estimate of drug-likeness (QED) is 0.650. The van der Waals surface area contributed by atoms with Gasteiger partial charge < -0.3 is 15.5 Å². The highest BCUT2D eigenvalue weighted by atomic mass is 35.5. The van der Waals surface area contributed by atoms with Crippen molar-refractivity contribution in [3.63, 3.8) is 0 Å². The van der Waals surface area contributed by atoms with Gasteiger partial charge in [-0.25, -0.2) is 0 Å². The van der Waals surface area contributed by atoms with Crippen molar-refractivity contribution in [2.45, 2.75) is 83.8 Å². The first-order chi connectivity index (χ1) is 13.9. The predicted octanol–water partition coefficient (Wildman–Crippen LogP) is 3.23. The van der Waals surface area contributed by atoms with Crippen molar-refractivity contribution < 1.29 is 14.4 Å². The van der Waals surface area contributed by atoms with Crippen molar-refractivity contribution in [3.05, 3.63) is 0 Å². The van der Waals surface area contributed by atoms with Crippen LogP contribution in [0.4, 0.5) is 0 Å². The van der Waals surface area contributed by atoms with Crippen LogP contribution in [0.3, 0.4) is 0 Å². The maximum Gasteiger partial charge on any atom is 0.220 e. The molecule has 3 saturated carbocycles. The molecule has 3 aliphatic carbocycles. The van der Waals surface area contributed by atoms with Gasteiger partial charge in [0, 0.05) is 37.3 Å². The zero-order valence-corrected chi connectivity index (χ0v) is 19.1. The van der Waals surface area contributed by atoms with Gasteiger partial charge in [-0.15, -0.1) is 12.4 Å². The van der Waals surface area contributed by atoms with Crippen molar-refractivity contribution in [2.24, 2.45) is 33.7 Å². The van der Waals surface area contributed by atoms with Gasteiger partial charge in [-0.2, -0.15) is 0 Å². The van der Waals surface area contributed by atoms with E-state index >= 15 is 0 Å². The Labute approximate surface area is 185 Å². The summed E-state index contributed by atoms with van der Waals surface area (Å²) in [6, 6.07) is 0.155. The highest BCUT2D eigenvalue weighted by Gasteiger charge is 2.60. The van der Waals surface area contributed by atoms with Crippen LogP contribution >= 0.6 is 12.4 Å². The van der Waals surface area contributed by atoms with Crippen LogP contribution in [0.25, 0.3) is 0 Å². The lowest BCUT2D eigenvalue weighted by Crippen LogP contribution is -2.56. The second kappa shape index (κ2) is 8.09. The molecule has 168 valence electrons. The average molecular weight is 438 g/mol. The van der Waals surface area contributed by atoms with Crippen LogP contribution in [-0.4, -0.2) is 42.6 Å². The monoisotopic (exact) mass is 437 g/mol. The van der Waals surface area contributed by atoms with Gasteiger partial charge in [0.25, 0.3) is 0 Å². The molecular weight excluding hydrogens is 402 g/mol.